The van der Waals surface area contributed by atoms with Crippen LogP contribution in [0.15, 0.2) is 24.3 Å². The van der Waals surface area contributed by atoms with Crippen molar-refractivity contribution in [2.45, 2.75) is 30.7 Å². The molecule has 0 spiro atoms. The third kappa shape index (κ3) is 3.41. The summed E-state index contributed by atoms with van der Waals surface area (Å²) in [5, 5.41) is 11.8. The topological polar surface area (TPSA) is 77.0 Å². The highest BCUT2D eigenvalue weighted by Gasteiger charge is 2.40. The van der Waals surface area contributed by atoms with Crippen molar-refractivity contribution in [3.8, 4) is 6.07 Å². The zero-order valence-electron chi connectivity index (χ0n) is 12.2. The molecule has 1 aliphatic heterocycles. The molecule has 1 saturated carbocycles. The Bertz CT molecular complexity index is 583. The van der Waals surface area contributed by atoms with Crippen molar-refractivity contribution < 1.29 is 4.79 Å². The first-order valence-electron chi connectivity index (χ1n) is 7.58. The third-order valence-corrected chi connectivity index (χ3v) is 4.92. The fraction of sp³-hybridized carbons (Fsp3) is 0.500. The van der Waals surface area contributed by atoms with Gasteiger partial charge in [0, 0.05) is 30.1 Å². The summed E-state index contributed by atoms with van der Waals surface area (Å²) in [5.41, 5.74) is 7.75. The molecule has 2 aliphatic rings. The molecule has 1 aromatic rings. The molecule has 1 amide bonds. The molecule has 1 heterocycles. The second-order valence-electron chi connectivity index (χ2n) is 6.07. The number of carbonyl (C=O) groups is 1. The Morgan fingerprint density at radius 3 is 2.86 bits per heavy atom. The molecule has 22 heavy (non-hydrogen) atoms. The highest BCUT2D eigenvalue weighted by Crippen LogP contribution is 2.36. The number of nitrogens with zero attached hydrogens (tertiary/aromatic N) is 1. The van der Waals surface area contributed by atoms with Crippen molar-refractivity contribution in [3.63, 3.8) is 0 Å². The van der Waals surface area contributed by atoms with Gasteiger partial charge in [-0.3, -0.25) is 15.6 Å². The summed E-state index contributed by atoms with van der Waals surface area (Å²) >= 11 is 6.32. The van der Waals surface area contributed by atoms with Gasteiger partial charge in [0.25, 0.3) is 0 Å². The van der Waals surface area contributed by atoms with E-state index >= 15 is 0 Å². The minimum atomic E-state index is 0.00567. The molecule has 2 fully saturated rings. The van der Waals surface area contributed by atoms with Gasteiger partial charge in [0.15, 0.2) is 0 Å². The average molecular weight is 319 g/mol. The predicted octanol–water partition coefficient (Wildman–Crippen LogP) is 2.00. The number of fused-ring (bicyclic) bond motifs is 1. The maximum Gasteiger partial charge on any atom is 0.224 e. The fourth-order valence-electron chi connectivity index (χ4n) is 3.47. The van der Waals surface area contributed by atoms with Gasteiger partial charge in [-0.25, -0.2) is 0 Å². The second kappa shape index (κ2) is 6.66. The number of hydrogen-bond acceptors (Lipinski definition) is 4. The molecule has 3 N–H and O–H groups in total. The molecule has 0 aromatic heterocycles. The van der Waals surface area contributed by atoms with E-state index in [1.807, 2.05) is 0 Å². The molecule has 0 bridgehead atoms. The van der Waals surface area contributed by atoms with E-state index in [2.05, 4.69) is 22.2 Å². The van der Waals surface area contributed by atoms with Crippen LogP contribution in [0, 0.1) is 23.2 Å². The average Bonchev–Trinajstić information content (AvgIpc) is 2.96. The first kappa shape index (κ1) is 15.3. The van der Waals surface area contributed by atoms with Crippen LogP contribution in [0.1, 0.15) is 24.8 Å². The maximum absolute atomic E-state index is 12.3. The Labute approximate surface area is 135 Å². The normalized spacial score (nSPS) is 30.4. The minimum Gasteiger partial charge on any atom is -0.326 e. The van der Waals surface area contributed by atoms with E-state index < -0.39 is 0 Å². The number of nitrogens with one attached hydrogen (secondary N) is 3. The van der Waals surface area contributed by atoms with Crippen LogP contribution in [-0.4, -0.2) is 23.9 Å². The Hall–Kier alpha value is -1.61. The molecule has 1 aromatic carbocycles. The van der Waals surface area contributed by atoms with Crippen molar-refractivity contribution in [1.29, 1.82) is 5.26 Å². The lowest BCUT2D eigenvalue weighted by Gasteiger charge is -2.35. The van der Waals surface area contributed by atoms with Crippen molar-refractivity contribution in [1.82, 2.24) is 10.9 Å². The van der Waals surface area contributed by atoms with Gasteiger partial charge in [0.1, 0.15) is 0 Å². The van der Waals surface area contributed by atoms with E-state index in [4.69, 9.17) is 16.9 Å². The lowest BCUT2D eigenvalue weighted by atomic mass is 9.75. The first-order chi connectivity index (χ1) is 10.7. The Balaban J connectivity index is 1.59. The number of amides is 1. The van der Waals surface area contributed by atoms with Crippen LogP contribution in [0.2, 0.25) is 0 Å². The van der Waals surface area contributed by atoms with Crippen LogP contribution in [-0.2, 0) is 4.79 Å². The van der Waals surface area contributed by atoms with Crippen molar-refractivity contribution in [2.24, 2.45) is 11.8 Å². The van der Waals surface area contributed by atoms with Gasteiger partial charge in [-0.15, -0.1) is 11.6 Å². The van der Waals surface area contributed by atoms with Crippen LogP contribution >= 0.6 is 11.6 Å². The SMILES string of the molecule is N#Cc1ccc(NC(=O)CC2CC(Cl)CC3NNCC23)cc1. The number of nitriles is 1. The smallest absolute Gasteiger partial charge is 0.224 e. The highest BCUT2D eigenvalue weighted by atomic mass is 35.5. The van der Waals surface area contributed by atoms with Crippen LogP contribution < -0.4 is 16.2 Å². The number of rotatable bonds is 3. The molecule has 0 radical (unpaired) electrons. The number of halogens is 1. The molecular formula is C16H19ClN4O. The lowest BCUT2D eigenvalue weighted by Crippen LogP contribution is -2.41. The molecule has 116 valence electrons. The second-order valence-corrected chi connectivity index (χ2v) is 6.68. The summed E-state index contributed by atoms with van der Waals surface area (Å²) in [5.74, 6) is 0.759. The molecule has 4 atom stereocenters. The molecule has 6 heteroatoms. The molecular weight excluding hydrogens is 300 g/mol. The monoisotopic (exact) mass is 318 g/mol. The van der Waals surface area contributed by atoms with E-state index in [0.717, 1.165) is 25.1 Å². The summed E-state index contributed by atoms with van der Waals surface area (Å²) in [7, 11) is 0. The zero-order valence-corrected chi connectivity index (χ0v) is 12.9. The number of benzene rings is 1. The van der Waals surface area contributed by atoms with Gasteiger partial charge in [-0.05, 0) is 48.9 Å². The van der Waals surface area contributed by atoms with Crippen LogP contribution in [0.25, 0.3) is 0 Å². The van der Waals surface area contributed by atoms with Crippen LogP contribution in [0.4, 0.5) is 5.69 Å². The van der Waals surface area contributed by atoms with Gasteiger partial charge >= 0.3 is 0 Å². The zero-order chi connectivity index (χ0) is 15.5. The van der Waals surface area contributed by atoms with E-state index in [9.17, 15) is 4.79 Å². The molecule has 1 aliphatic carbocycles. The standard InChI is InChI=1S/C16H19ClN4O/c17-12-5-11(14-9-19-21-15(14)7-12)6-16(22)20-13-3-1-10(8-18)2-4-13/h1-4,11-12,14-15,19,21H,5-7,9H2,(H,20,22). The molecule has 4 unspecified atom stereocenters. The maximum atomic E-state index is 12.3. The van der Waals surface area contributed by atoms with Gasteiger partial charge in [-0.2, -0.15) is 5.26 Å². The lowest BCUT2D eigenvalue weighted by molar-refractivity contribution is -0.117. The van der Waals surface area contributed by atoms with E-state index in [-0.39, 0.29) is 11.3 Å². The van der Waals surface area contributed by atoms with E-state index in [1.165, 1.54) is 0 Å². The summed E-state index contributed by atoms with van der Waals surface area (Å²) in [6, 6.07) is 9.33. The molecule has 1 saturated heterocycles. The third-order valence-electron chi connectivity index (χ3n) is 4.56. The number of alkyl halides is 1. The van der Waals surface area contributed by atoms with Gasteiger partial charge < -0.3 is 5.32 Å². The summed E-state index contributed by atoms with van der Waals surface area (Å²) in [6.45, 7) is 0.892. The van der Waals surface area contributed by atoms with Crippen molar-refractivity contribution >= 4 is 23.2 Å². The van der Waals surface area contributed by atoms with E-state index in [1.54, 1.807) is 24.3 Å². The highest BCUT2D eigenvalue weighted by molar-refractivity contribution is 6.20. The van der Waals surface area contributed by atoms with E-state index in [0.29, 0.717) is 29.9 Å². The summed E-state index contributed by atoms with van der Waals surface area (Å²) in [6.07, 6.45) is 2.31. The summed E-state index contributed by atoms with van der Waals surface area (Å²) in [4.78, 5) is 12.3. The van der Waals surface area contributed by atoms with Gasteiger partial charge in [0.05, 0.1) is 11.6 Å². The van der Waals surface area contributed by atoms with Crippen molar-refractivity contribution in [3.05, 3.63) is 29.8 Å². The van der Waals surface area contributed by atoms with Gasteiger partial charge in [-0.1, -0.05) is 0 Å². The molecule has 5 nitrogen and oxygen atoms in total. The first-order valence-corrected chi connectivity index (χ1v) is 8.02. The Morgan fingerprint density at radius 2 is 2.14 bits per heavy atom. The van der Waals surface area contributed by atoms with Crippen LogP contribution in [0.3, 0.4) is 0 Å². The summed E-state index contributed by atoms with van der Waals surface area (Å²) < 4.78 is 0. The minimum absolute atomic E-state index is 0.00567. The number of anilines is 1. The predicted molar refractivity (Wildman–Crippen MR) is 85.2 cm³/mol. The molecule has 3 rings (SSSR count). The van der Waals surface area contributed by atoms with Gasteiger partial charge in [0.2, 0.25) is 5.91 Å². The van der Waals surface area contributed by atoms with Crippen LogP contribution in [0.5, 0.6) is 0 Å². The fourth-order valence-corrected chi connectivity index (χ4v) is 3.89. The number of hydrazine groups is 1. The van der Waals surface area contributed by atoms with Crippen molar-refractivity contribution in [2.75, 3.05) is 11.9 Å². The number of hydrogen-bond donors (Lipinski definition) is 3. The quantitative estimate of drug-likeness (QED) is 0.745. The Morgan fingerprint density at radius 1 is 1.36 bits per heavy atom. The Kier molecular flexibility index (Phi) is 4.63. The number of carbonyl (C=O) groups excluding carboxylic acids is 1. The largest absolute Gasteiger partial charge is 0.326 e.